The van der Waals surface area contributed by atoms with Crippen molar-refractivity contribution in [1.82, 2.24) is 5.32 Å². The summed E-state index contributed by atoms with van der Waals surface area (Å²) in [5.41, 5.74) is 0. The molecule has 0 spiro atoms. The maximum absolute atomic E-state index is 11.3. The third-order valence-corrected chi connectivity index (χ3v) is 2.47. The van der Waals surface area contributed by atoms with Gasteiger partial charge in [-0.05, 0) is 24.9 Å². The third kappa shape index (κ3) is 5.90. The molecule has 0 amide bonds. The van der Waals surface area contributed by atoms with Crippen molar-refractivity contribution in [2.24, 2.45) is 0 Å². The molecule has 0 aromatic rings. The number of carbonyl (C=O) groups excluding carboxylic acids is 1. The van der Waals surface area contributed by atoms with Gasteiger partial charge >= 0.3 is 5.97 Å². The van der Waals surface area contributed by atoms with Gasteiger partial charge in [0, 0.05) is 0 Å². The van der Waals surface area contributed by atoms with Crippen LogP contribution in [0.3, 0.4) is 0 Å². The van der Waals surface area contributed by atoms with Crippen LogP contribution in [0, 0.1) is 12.3 Å². The van der Waals surface area contributed by atoms with Gasteiger partial charge in [-0.2, -0.15) is 11.8 Å². The molecule has 1 unspecified atom stereocenters. The number of ether oxygens (including phenoxy) is 1. The summed E-state index contributed by atoms with van der Waals surface area (Å²) in [5.74, 6) is 3.26. The Bertz CT molecular complexity index is 201. The van der Waals surface area contributed by atoms with Crippen LogP contribution < -0.4 is 5.32 Å². The average molecular weight is 215 g/mol. The van der Waals surface area contributed by atoms with Gasteiger partial charge in [-0.1, -0.05) is 5.92 Å². The van der Waals surface area contributed by atoms with Crippen molar-refractivity contribution in [3.63, 3.8) is 0 Å². The van der Waals surface area contributed by atoms with Crippen LogP contribution in [-0.4, -0.2) is 37.7 Å². The van der Waals surface area contributed by atoms with Gasteiger partial charge in [-0.3, -0.25) is 10.1 Å². The molecule has 0 saturated carbocycles. The van der Waals surface area contributed by atoms with Gasteiger partial charge in [-0.15, -0.1) is 6.42 Å². The van der Waals surface area contributed by atoms with Crippen molar-refractivity contribution < 1.29 is 9.53 Å². The summed E-state index contributed by atoms with van der Waals surface area (Å²) in [6, 6.07) is -0.261. The van der Waals surface area contributed by atoms with Gasteiger partial charge in [0.15, 0.2) is 0 Å². The summed E-state index contributed by atoms with van der Waals surface area (Å²) in [6.45, 7) is 0.402. The highest BCUT2D eigenvalue weighted by atomic mass is 32.2. The smallest absolute Gasteiger partial charge is 0.322 e. The lowest BCUT2D eigenvalue weighted by molar-refractivity contribution is -0.143. The fourth-order valence-electron chi connectivity index (χ4n) is 1.06. The molecule has 0 bridgehead atoms. The topological polar surface area (TPSA) is 38.3 Å². The predicted molar refractivity (Wildman–Crippen MR) is 60.3 cm³/mol. The molecule has 0 saturated heterocycles. The molecule has 3 nitrogen and oxygen atoms in total. The fourth-order valence-corrected chi connectivity index (χ4v) is 1.51. The van der Waals surface area contributed by atoms with Crippen LogP contribution >= 0.6 is 11.8 Å². The van der Waals surface area contributed by atoms with Crippen LogP contribution in [0.5, 0.6) is 0 Å². The minimum Gasteiger partial charge on any atom is -0.468 e. The van der Waals surface area contributed by atoms with Gasteiger partial charge in [0.2, 0.25) is 0 Å². The van der Waals surface area contributed by atoms with E-state index < -0.39 is 0 Å². The fraction of sp³-hybridized carbons (Fsp3) is 0.700. The summed E-state index contributed by atoms with van der Waals surface area (Å²) in [5, 5.41) is 2.96. The average Bonchev–Trinajstić information content (AvgIpc) is 2.22. The Kier molecular flexibility index (Phi) is 8.50. The first-order valence-electron chi connectivity index (χ1n) is 4.49. The normalized spacial score (nSPS) is 11.8. The summed E-state index contributed by atoms with van der Waals surface area (Å²) in [7, 11) is 1.39. The summed E-state index contributed by atoms with van der Waals surface area (Å²) < 4.78 is 4.66. The van der Waals surface area contributed by atoms with E-state index in [9.17, 15) is 4.79 Å². The second-order valence-corrected chi connectivity index (χ2v) is 3.78. The van der Waals surface area contributed by atoms with Crippen molar-refractivity contribution in [2.75, 3.05) is 25.7 Å². The van der Waals surface area contributed by atoms with Crippen molar-refractivity contribution in [2.45, 2.75) is 18.9 Å². The van der Waals surface area contributed by atoms with E-state index in [2.05, 4.69) is 16.0 Å². The molecule has 0 aromatic heterocycles. The van der Waals surface area contributed by atoms with Crippen LogP contribution in [-0.2, 0) is 9.53 Å². The molecule has 0 rings (SSSR count). The van der Waals surface area contributed by atoms with Crippen molar-refractivity contribution >= 4 is 17.7 Å². The van der Waals surface area contributed by atoms with Crippen LogP contribution in [0.25, 0.3) is 0 Å². The molecule has 0 aliphatic heterocycles. The Morgan fingerprint density at radius 3 is 2.93 bits per heavy atom. The first-order chi connectivity index (χ1) is 6.76. The lowest BCUT2D eigenvalue weighted by Crippen LogP contribution is -2.37. The Balaban J connectivity index is 3.85. The Labute approximate surface area is 90.0 Å². The highest BCUT2D eigenvalue weighted by Gasteiger charge is 2.16. The number of nitrogens with one attached hydrogen (secondary N) is 1. The maximum atomic E-state index is 11.3. The second kappa shape index (κ2) is 8.92. The number of hydrogen-bond donors (Lipinski definition) is 1. The van der Waals surface area contributed by atoms with Gasteiger partial charge in [0.25, 0.3) is 0 Å². The van der Waals surface area contributed by atoms with E-state index in [0.29, 0.717) is 6.54 Å². The highest BCUT2D eigenvalue weighted by molar-refractivity contribution is 7.98. The molecule has 0 radical (unpaired) electrons. The highest BCUT2D eigenvalue weighted by Crippen LogP contribution is 2.04. The molecular formula is C10H17NO2S. The number of rotatable bonds is 7. The maximum Gasteiger partial charge on any atom is 0.322 e. The Hall–Kier alpha value is -0.660. The molecular weight excluding hydrogens is 198 g/mol. The minimum atomic E-state index is -0.261. The van der Waals surface area contributed by atoms with Crippen LogP contribution in [0.4, 0.5) is 0 Å². The zero-order valence-electron chi connectivity index (χ0n) is 8.71. The molecule has 0 aliphatic rings. The molecule has 0 fully saturated rings. The summed E-state index contributed by atoms with van der Waals surface area (Å²) >= 11 is 1.77. The van der Waals surface area contributed by atoms with Crippen molar-refractivity contribution in [3.8, 4) is 12.3 Å². The lowest BCUT2D eigenvalue weighted by Gasteiger charge is -2.14. The first-order valence-corrected chi connectivity index (χ1v) is 5.89. The number of esters is 1. The number of hydrogen-bond acceptors (Lipinski definition) is 4. The number of methoxy groups -OCH3 is 1. The molecule has 0 aromatic carbocycles. The van der Waals surface area contributed by atoms with Crippen molar-refractivity contribution in [3.05, 3.63) is 0 Å². The van der Waals surface area contributed by atoms with Gasteiger partial charge in [0.1, 0.15) is 6.04 Å². The molecule has 1 N–H and O–H groups in total. The minimum absolute atomic E-state index is 0.235. The number of carbonyl (C=O) groups is 1. The van der Waals surface area contributed by atoms with Crippen LogP contribution in [0.1, 0.15) is 12.8 Å². The second-order valence-electron chi connectivity index (χ2n) is 2.80. The van der Waals surface area contributed by atoms with E-state index in [1.54, 1.807) is 11.8 Å². The molecule has 0 aliphatic carbocycles. The Morgan fingerprint density at radius 2 is 2.43 bits per heavy atom. The van der Waals surface area contributed by atoms with Crippen LogP contribution in [0.2, 0.25) is 0 Å². The van der Waals surface area contributed by atoms with Gasteiger partial charge in [0.05, 0.1) is 13.7 Å². The quantitative estimate of drug-likeness (QED) is 0.389. The van der Waals surface area contributed by atoms with E-state index in [1.165, 1.54) is 7.11 Å². The monoisotopic (exact) mass is 215 g/mol. The Morgan fingerprint density at radius 1 is 1.71 bits per heavy atom. The SMILES string of the molecule is C#CCNC(CCCSC)C(=O)OC. The van der Waals surface area contributed by atoms with E-state index in [-0.39, 0.29) is 12.0 Å². The van der Waals surface area contributed by atoms with Gasteiger partial charge < -0.3 is 4.74 Å². The predicted octanol–water partition coefficient (Wildman–Crippen LogP) is 0.894. The molecule has 1 atom stereocenters. The third-order valence-electron chi connectivity index (χ3n) is 1.78. The van der Waals surface area contributed by atoms with Crippen LogP contribution in [0.15, 0.2) is 0 Å². The molecule has 4 heteroatoms. The number of terminal acetylenes is 1. The van der Waals surface area contributed by atoms with Gasteiger partial charge in [-0.25, -0.2) is 0 Å². The zero-order chi connectivity index (χ0) is 10.8. The lowest BCUT2D eigenvalue weighted by atomic mass is 10.1. The summed E-state index contributed by atoms with van der Waals surface area (Å²) in [6.07, 6.45) is 8.91. The molecule has 14 heavy (non-hydrogen) atoms. The summed E-state index contributed by atoms with van der Waals surface area (Å²) in [4.78, 5) is 11.3. The molecule has 0 heterocycles. The molecule has 80 valence electrons. The van der Waals surface area contributed by atoms with E-state index in [1.807, 2.05) is 6.26 Å². The van der Waals surface area contributed by atoms with E-state index >= 15 is 0 Å². The standard InChI is InChI=1S/C10H17NO2S/c1-4-7-11-9(10(12)13-2)6-5-8-14-3/h1,9,11H,5-8H2,2-3H3. The van der Waals surface area contributed by atoms with E-state index in [4.69, 9.17) is 6.42 Å². The zero-order valence-corrected chi connectivity index (χ0v) is 9.52. The largest absolute Gasteiger partial charge is 0.468 e. The first kappa shape index (κ1) is 13.3. The van der Waals surface area contributed by atoms with E-state index in [0.717, 1.165) is 18.6 Å². The number of thioether (sulfide) groups is 1. The van der Waals surface area contributed by atoms with Crippen molar-refractivity contribution in [1.29, 1.82) is 0 Å².